The molecule has 42 heavy (non-hydrogen) atoms. The molecule has 7 aromatic rings. The number of fused-ring (bicyclic) bond motifs is 3. The average molecular weight is 544 g/mol. The second kappa shape index (κ2) is 10.4. The van der Waals surface area contributed by atoms with E-state index in [0.717, 1.165) is 50.1 Å². The van der Waals surface area contributed by atoms with Crippen LogP contribution in [0.5, 0.6) is 0 Å². The highest BCUT2D eigenvalue weighted by Crippen LogP contribution is 2.40. The van der Waals surface area contributed by atoms with Crippen molar-refractivity contribution in [2.24, 2.45) is 0 Å². The summed E-state index contributed by atoms with van der Waals surface area (Å²) in [5, 5.41) is 2.29. The van der Waals surface area contributed by atoms with E-state index in [2.05, 4.69) is 159 Å². The normalized spacial score (nSPS) is 11.7. The molecule has 0 radical (unpaired) electrons. The van der Waals surface area contributed by atoms with Gasteiger partial charge < -0.3 is 9.32 Å². The van der Waals surface area contributed by atoms with Gasteiger partial charge in [0, 0.05) is 33.4 Å². The first-order chi connectivity index (χ1) is 20.5. The smallest absolute Gasteiger partial charge is 0.143 e. The van der Waals surface area contributed by atoms with E-state index in [0.29, 0.717) is 0 Å². The molecule has 1 heterocycles. The summed E-state index contributed by atoms with van der Waals surface area (Å²) in [6, 6.07) is 51.8. The van der Waals surface area contributed by atoms with Crippen LogP contribution < -0.4 is 4.90 Å². The fourth-order valence-electron chi connectivity index (χ4n) is 5.76. The van der Waals surface area contributed by atoms with Gasteiger partial charge in [-0.15, -0.1) is 0 Å². The van der Waals surface area contributed by atoms with Gasteiger partial charge >= 0.3 is 0 Å². The van der Waals surface area contributed by atoms with Gasteiger partial charge in [0.15, 0.2) is 0 Å². The number of anilines is 3. The number of para-hydroxylation sites is 2. The van der Waals surface area contributed by atoms with Crippen molar-refractivity contribution >= 4 is 39.0 Å². The molecular formula is C40H33NO. The zero-order chi connectivity index (χ0) is 28.7. The molecule has 2 heteroatoms. The van der Waals surface area contributed by atoms with Gasteiger partial charge in [-0.1, -0.05) is 124 Å². The monoisotopic (exact) mass is 543 g/mol. The molecule has 0 N–H and O–H groups in total. The fourth-order valence-corrected chi connectivity index (χ4v) is 5.76. The molecule has 0 aliphatic carbocycles. The molecule has 0 bridgehead atoms. The third-order valence-corrected chi connectivity index (χ3v) is 8.06. The molecule has 0 fully saturated rings. The van der Waals surface area contributed by atoms with E-state index in [-0.39, 0.29) is 5.41 Å². The molecule has 0 spiro atoms. The minimum absolute atomic E-state index is 0.0972. The Hall–Kier alpha value is -5.08. The second-order valence-electron chi connectivity index (χ2n) is 11.9. The highest BCUT2D eigenvalue weighted by atomic mass is 16.3. The van der Waals surface area contributed by atoms with Crippen LogP contribution in [0, 0.1) is 0 Å². The minimum atomic E-state index is 0.0972. The van der Waals surface area contributed by atoms with Crippen LogP contribution in [-0.2, 0) is 5.41 Å². The lowest BCUT2D eigenvalue weighted by molar-refractivity contribution is 0.590. The van der Waals surface area contributed by atoms with Crippen molar-refractivity contribution < 1.29 is 4.42 Å². The summed E-state index contributed by atoms with van der Waals surface area (Å²) in [5.74, 6) is 0. The lowest BCUT2D eigenvalue weighted by atomic mass is 9.87. The highest BCUT2D eigenvalue weighted by molar-refractivity contribution is 6.09. The van der Waals surface area contributed by atoms with E-state index in [1.165, 1.54) is 16.7 Å². The molecule has 0 saturated carbocycles. The molecule has 0 aliphatic heterocycles. The quantitative estimate of drug-likeness (QED) is 0.215. The van der Waals surface area contributed by atoms with Gasteiger partial charge in [0.25, 0.3) is 0 Å². The number of rotatable bonds is 5. The number of hydrogen-bond acceptors (Lipinski definition) is 2. The maximum atomic E-state index is 6.33. The maximum Gasteiger partial charge on any atom is 0.143 e. The lowest BCUT2D eigenvalue weighted by Crippen LogP contribution is -2.13. The van der Waals surface area contributed by atoms with Crippen molar-refractivity contribution in [3.63, 3.8) is 0 Å². The molecule has 1 aromatic heterocycles. The minimum Gasteiger partial charge on any atom is -0.455 e. The lowest BCUT2D eigenvalue weighted by Gasteiger charge is -2.27. The number of furan rings is 1. The summed E-state index contributed by atoms with van der Waals surface area (Å²) in [6.07, 6.45) is 0. The molecule has 204 valence electrons. The third kappa shape index (κ3) is 4.76. The van der Waals surface area contributed by atoms with Crippen LogP contribution in [0.4, 0.5) is 17.1 Å². The first kappa shape index (κ1) is 25.9. The average Bonchev–Trinajstić information content (AvgIpc) is 3.41. The van der Waals surface area contributed by atoms with Crippen molar-refractivity contribution in [1.29, 1.82) is 0 Å². The molecule has 0 amide bonds. The van der Waals surface area contributed by atoms with Crippen LogP contribution in [-0.4, -0.2) is 0 Å². The summed E-state index contributed by atoms with van der Waals surface area (Å²) in [5.41, 5.74) is 11.3. The van der Waals surface area contributed by atoms with Crippen molar-refractivity contribution in [3.05, 3.63) is 151 Å². The van der Waals surface area contributed by atoms with Crippen LogP contribution >= 0.6 is 0 Å². The molecule has 2 nitrogen and oxygen atoms in total. The number of hydrogen-bond donors (Lipinski definition) is 0. The maximum absolute atomic E-state index is 6.33. The summed E-state index contributed by atoms with van der Waals surface area (Å²) < 4.78 is 6.33. The third-order valence-electron chi connectivity index (χ3n) is 8.06. The Kier molecular flexibility index (Phi) is 6.40. The van der Waals surface area contributed by atoms with Gasteiger partial charge in [-0.3, -0.25) is 0 Å². The first-order valence-corrected chi connectivity index (χ1v) is 14.5. The Morgan fingerprint density at radius 2 is 0.976 bits per heavy atom. The predicted octanol–water partition coefficient (Wildman–Crippen LogP) is 11.7. The molecule has 0 aliphatic rings. The molecular weight excluding hydrogens is 510 g/mol. The van der Waals surface area contributed by atoms with E-state index < -0.39 is 0 Å². The van der Waals surface area contributed by atoms with E-state index in [1.54, 1.807) is 0 Å². The Labute approximate surface area is 247 Å². The van der Waals surface area contributed by atoms with Gasteiger partial charge in [0.1, 0.15) is 11.2 Å². The molecule has 0 atom stereocenters. The zero-order valence-corrected chi connectivity index (χ0v) is 24.2. The van der Waals surface area contributed by atoms with Gasteiger partial charge in [0.05, 0.1) is 0 Å². The highest BCUT2D eigenvalue weighted by Gasteiger charge is 2.18. The van der Waals surface area contributed by atoms with E-state index >= 15 is 0 Å². The Morgan fingerprint density at radius 3 is 1.62 bits per heavy atom. The zero-order valence-electron chi connectivity index (χ0n) is 24.2. The molecule has 0 saturated heterocycles. The van der Waals surface area contributed by atoms with Crippen molar-refractivity contribution in [2.45, 2.75) is 26.2 Å². The standard InChI is InChI=1S/C40H33NO/c1-40(2,3)31-20-26-34(27-21-31)41(32-22-16-29(17-23-32)28-10-5-4-6-11-28)33-24-18-30(19-25-33)35-13-9-14-37-36-12-7-8-15-38(36)42-39(35)37/h4-27H,1-3H3. The van der Waals surface area contributed by atoms with Crippen LogP contribution in [0.3, 0.4) is 0 Å². The Morgan fingerprint density at radius 1 is 0.452 bits per heavy atom. The molecule has 7 rings (SSSR count). The summed E-state index contributed by atoms with van der Waals surface area (Å²) in [7, 11) is 0. The van der Waals surface area contributed by atoms with Crippen molar-refractivity contribution in [1.82, 2.24) is 0 Å². The first-order valence-electron chi connectivity index (χ1n) is 14.5. The van der Waals surface area contributed by atoms with Crippen molar-refractivity contribution in [3.8, 4) is 22.3 Å². The van der Waals surface area contributed by atoms with Crippen LogP contribution in [0.1, 0.15) is 26.3 Å². The SMILES string of the molecule is CC(C)(C)c1ccc(N(c2ccc(-c3ccccc3)cc2)c2ccc(-c3cccc4c3oc3ccccc34)cc2)cc1. The van der Waals surface area contributed by atoms with Gasteiger partial charge in [-0.05, 0) is 70.1 Å². The van der Waals surface area contributed by atoms with E-state index in [1.807, 2.05) is 12.1 Å². The van der Waals surface area contributed by atoms with Crippen LogP contribution in [0.25, 0.3) is 44.2 Å². The van der Waals surface area contributed by atoms with Gasteiger partial charge in [-0.25, -0.2) is 0 Å². The van der Waals surface area contributed by atoms with Crippen molar-refractivity contribution in [2.75, 3.05) is 4.90 Å². The fraction of sp³-hybridized carbons (Fsp3) is 0.100. The summed E-state index contributed by atoms with van der Waals surface area (Å²) in [6.45, 7) is 6.76. The van der Waals surface area contributed by atoms with Gasteiger partial charge in [0.2, 0.25) is 0 Å². The predicted molar refractivity (Wildman–Crippen MR) is 178 cm³/mol. The number of nitrogens with zero attached hydrogens (tertiary/aromatic N) is 1. The number of benzene rings is 6. The largest absolute Gasteiger partial charge is 0.455 e. The molecule has 6 aromatic carbocycles. The van der Waals surface area contributed by atoms with Crippen LogP contribution in [0.2, 0.25) is 0 Å². The Balaban J connectivity index is 1.30. The van der Waals surface area contributed by atoms with Crippen LogP contribution in [0.15, 0.2) is 150 Å². The topological polar surface area (TPSA) is 16.4 Å². The van der Waals surface area contributed by atoms with Gasteiger partial charge in [-0.2, -0.15) is 0 Å². The summed E-state index contributed by atoms with van der Waals surface area (Å²) in [4.78, 5) is 2.33. The second-order valence-corrected chi connectivity index (χ2v) is 11.9. The molecule has 0 unspecified atom stereocenters. The Bertz CT molecular complexity index is 1980. The van der Waals surface area contributed by atoms with E-state index in [4.69, 9.17) is 4.42 Å². The summed E-state index contributed by atoms with van der Waals surface area (Å²) >= 11 is 0. The van der Waals surface area contributed by atoms with E-state index in [9.17, 15) is 0 Å².